The van der Waals surface area contributed by atoms with Crippen molar-refractivity contribution in [1.82, 2.24) is 5.32 Å². The van der Waals surface area contributed by atoms with Gasteiger partial charge in [-0.25, -0.2) is 0 Å². The molecule has 1 amide bonds. The van der Waals surface area contributed by atoms with Gasteiger partial charge < -0.3 is 15.5 Å². The van der Waals surface area contributed by atoms with Crippen LogP contribution in [0.3, 0.4) is 0 Å². The molecule has 0 aliphatic carbocycles. The average Bonchev–Trinajstić information content (AvgIpc) is 2.32. The highest BCUT2D eigenvalue weighted by Crippen LogP contribution is 2.21. The largest absolute Gasteiger partial charge is 0.508 e. The SMILES string of the molecule is CCCCCCNC(=O)c1cc(O)ccc1O. The first-order chi connectivity index (χ1) is 8.15. The second-order valence-corrected chi connectivity index (χ2v) is 4.02. The summed E-state index contributed by atoms with van der Waals surface area (Å²) in [7, 11) is 0. The van der Waals surface area contributed by atoms with E-state index in [1.807, 2.05) is 0 Å². The third-order valence-electron chi connectivity index (χ3n) is 2.54. The van der Waals surface area contributed by atoms with Gasteiger partial charge in [-0.3, -0.25) is 4.79 Å². The maximum absolute atomic E-state index is 11.7. The maximum atomic E-state index is 11.7. The van der Waals surface area contributed by atoms with Crippen LogP contribution in [0.5, 0.6) is 11.5 Å². The van der Waals surface area contributed by atoms with E-state index in [0.717, 1.165) is 25.7 Å². The molecule has 3 N–H and O–H groups in total. The molecule has 0 unspecified atom stereocenters. The molecular weight excluding hydrogens is 218 g/mol. The highest BCUT2D eigenvalue weighted by molar-refractivity contribution is 5.97. The number of rotatable bonds is 6. The van der Waals surface area contributed by atoms with Gasteiger partial charge in [0.2, 0.25) is 0 Å². The summed E-state index contributed by atoms with van der Waals surface area (Å²) in [6.45, 7) is 2.72. The summed E-state index contributed by atoms with van der Waals surface area (Å²) >= 11 is 0. The fraction of sp³-hybridized carbons (Fsp3) is 0.462. The lowest BCUT2D eigenvalue weighted by Gasteiger charge is -2.07. The standard InChI is InChI=1S/C13H19NO3/c1-2-3-4-5-8-14-13(17)11-9-10(15)6-7-12(11)16/h6-7,9,15-16H,2-5,8H2,1H3,(H,14,17). The van der Waals surface area contributed by atoms with Gasteiger partial charge in [-0.15, -0.1) is 0 Å². The van der Waals surface area contributed by atoms with E-state index in [1.54, 1.807) is 0 Å². The van der Waals surface area contributed by atoms with Crippen LogP contribution in [-0.2, 0) is 0 Å². The van der Waals surface area contributed by atoms with Crippen molar-refractivity contribution in [3.05, 3.63) is 23.8 Å². The van der Waals surface area contributed by atoms with Gasteiger partial charge in [0.25, 0.3) is 5.91 Å². The minimum atomic E-state index is -0.352. The molecule has 0 saturated carbocycles. The Hall–Kier alpha value is -1.71. The van der Waals surface area contributed by atoms with Crippen LogP contribution >= 0.6 is 0 Å². The van der Waals surface area contributed by atoms with E-state index >= 15 is 0 Å². The first-order valence-electron chi connectivity index (χ1n) is 5.95. The highest BCUT2D eigenvalue weighted by Gasteiger charge is 2.10. The second-order valence-electron chi connectivity index (χ2n) is 4.02. The van der Waals surface area contributed by atoms with E-state index in [4.69, 9.17) is 0 Å². The molecule has 1 aromatic rings. The lowest BCUT2D eigenvalue weighted by Crippen LogP contribution is -2.24. The molecule has 94 valence electrons. The van der Waals surface area contributed by atoms with Crippen LogP contribution in [0.1, 0.15) is 43.0 Å². The molecule has 0 heterocycles. The Balaban J connectivity index is 2.44. The first-order valence-corrected chi connectivity index (χ1v) is 5.95. The Morgan fingerprint density at radius 1 is 1.24 bits per heavy atom. The summed E-state index contributed by atoms with van der Waals surface area (Å²) < 4.78 is 0. The van der Waals surface area contributed by atoms with E-state index in [1.165, 1.54) is 18.2 Å². The Bertz CT molecular complexity index is 377. The third-order valence-corrected chi connectivity index (χ3v) is 2.54. The van der Waals surface area contributed by atoms with Gasteiger partial charge in [0.15, 0.2) is 0 Å². The number of benzene rings is 1. The summed E-state index contributed by atoms with van der Waals surface area (Å²) in [5.41, 5.74) is 0.112. The van der Waals surface area contributed by atoms with Crippen LogP contribution in [0.4, 0.5) is 0 Å². The number of nitrogens with one attached hydrogen (secondary N) is 1. The molecule has 1 aromatic carbocycles. The van der Waals surface area contributed by atoms with Crippen molar-refractivity contribution in [3.63, 3.8) is 0 Å². The molecule has 4 nitrogen and oxygen atoms in total. The predicted molar refractivity (Wildman–Crippen MR) is 66.2 cm³/mol. The normalized spacial score (nSPS) is 10.2. The molecule has 0 aliphatic rings. The molecular formula is C13H19NO3. The maximum Gasteiger partial charge on any atom is 0.255 e. The Morgan fingerprint density at radius 3 is 2.71 bits per heavy atom. The topological polar surface area (TPSA) is 69.6 Å². The van der Waals surface area contributed by atoms with Crippen molar-refractivity contribution >= 4 is 5.91 Å². The van der Waals surface area contributed by atoms with Gasteiger partial charge in [-0.1, -0.05) is 26.2 Å². The third kappa shape index (κ3) is 4.34. The Kier molecular flexibility index (Phi) is 5.33. The Morgan fingerprint density at radius 2 is 2.00 bits per heavy atom. The fourth-order valence-electron chi connectivity index (χ4n) is 1.55. The van der Waals surface area contributed by atoms with Crippen molar-refractivity contribution in [2.24, 2.45) is 0 Å². The van der Waals surface area contributed by atoms with Crippen molar-refractivity contribution in [1.29, 1.82) is 0 Å². The zero-order valence-corrected chi connectivity index (χ0v) is 10.1. The summed E-state index contributed by atoms with van der Waals surface area (Å²) in [6, 6.07) is 3.91. The molecule has 0 aromatic heterocycles. The molecule has 0 fully saturated rings. The minimum Gasteiger partial charge on any atom is -0.508 e. The summed E-state index contributed by atoms with van der Waals surface area (Å²) in [5, 5.41) is 21.4. The van der Waals surface area contributed by atoms with Gasteiger partial charge in [0.1, 0.15) is 11.5 Å². The van der Waals surface area contributed by atoms with Crippen molar-refractivity contribution in [2.75, 3.05) is 6.54 Å². The van der Waals surface area contributed by atoms with Crippen molar-refractivity contribution < 1.29 is 15.0 Å². The van der Waals surface area contributed by atoms with Crippen LogP contribution in [0.25, 0.3) is 0 Å². The quantitative estimate of drug-likeness (QED) is 0.525. The highest BCUT2D eigenvalue weighted by atomic mass is 16.3. The molecule has 0 saturated heterocycles. The molecule has 1 rings (SSSR count). The van der Waals surface area contributed by atoms with Crippen LogP contribution in [0, 0.1) is 0 Å². The van der Waals surface area contributed by atoms with Gasteiger partial charge >= 0.3 is 0 Å². The molecule has 0 radical (unpaired) electrons. The van der Waals surface area contributed by atoms with E-state index in [0.29, 0.717) is 6.54 Å². The molecule has 0 bridgehead atoms. The number of carbonyl (C=O) groups excluding carboxylic acids is 1. The van der Waals surface area contributed by atoms with E-state index < -0.39 is 0 Å². The molecule has 0 atom stereocenters. The van der Waals surface area contributed by atoms with Crippen LogP contribution < -0.4 is 5.32 Å². The van der Waals surface area contributed by atoms with Crippen molar-refractivity contribution in [3.8, 4) is 11.5 Å². The van der Waals surface area contributed by atoms with E-state index in [-0.39, 0.29) is 23.0 Å². The number of carbonyl (C=O) groups is 1. The average molecular weight is 237 g/mol. The molecule has 17 heavy (non-hydrogen) atoms. The molecule has 4 heteroatoms. The van der Waals surface area contributed by atoms with Crippen LogP contribution in [-0.4, -0.2) is 22.7 Å². The Labute approximate surface area is 101 Å². The van der Waals surface area contributed by atoms with Gasteiger partial charge in [-0.05, 0) is 24.6 Å². The lowest BCUT2D eigenvalue weighted by atomic mass is 10.1. The number of hydrogen-bond donors (Lipinski definition) is 3. The number of phenolic OH excluding ortho intramolecular Hbond substituents is 2. The summed E-state index contributed by atoms with van der Waals surface area (Å²) in [6.07, 6.45) is 4.33. The number of aromatic hydroxyl groups is 2. The summed E-state index contributed by atoms with van der Waals surface area (Å²) in [5.74, 6) is -0.498. The smallest absolute Gasteiger partial charge is 0.255 e. The van der Waals surface area contributed by atoms with Gasteiger partial charge in [0.05, 0.1) is 5.56 Å². The summed E-state index contributed by atoms with van der Waals surface area (Å²) in [4.78, 5) is 11.7. The predicted octanol–water partition coefficient (Wildman–Crippen LogP) is 2.41. The van der Waals surface area contributed by atoms with Gasteiger partial charge in [0, 0.05) is 6.54 Å². The fourth-order valence-corrected chi connectivity index (χ4v) is 1.55. The number of amides is 1. The van der Waals surface area contributed by atoms with Crippen molar-refractivity contribution in [2.45, 2.75) is 32.6 Å². The number of hydrogen-bond acceptors (Lipinski definition) is 3. The van der Waals surface area contributed by atoms with Crippen LogP contribution in [0.15, 0.2) is 18.2 Å². The zero-order chi connectivity index (χ0) is 12.7. The lowest BCUT2D eigenvalue weighted by molar-refractivity contribution is 0.0950. The monoisotopic (exact) mass is 237 g/mol. The first kappa shape index (κ1) is 13.4. The molecule has 0 aliphatic heterocycles. The minimum absolute atomic E-state index is 0.0288. The van der Waals surface area contributed by atoms with Crippen LogP contribution in [0.2, 0.25) is 0 Å². The van der Waals surface area contributed by atoms with E-state index in [2.05, 4.69) is 12.2 Å². The van der Waals surface area contributed by atoms with Gasteiger partial charge in [-0.2, -0.15) is 0 Å². The zero-order valence-electron chi connectivity index (χ0n) is 10.1. The van der Waals surface area contributed by atoms with E-state index in [9.17, 15) is 15.0 Å². The number of unbranched alkanes of at least 4 members (excludes halogenated alkanes) is 3. The molecule has 0 spiro atoms. The number of phenols is 2. The second kappa shape index (κ2) is 6.78.